The Bertz CT molecular complexity index is 272. The van der Waals surface area contributed by atoms with Crippen molar-refractivity contribution in [2.45, 2.75) is 0 Å². The summed E-state index contributed by atoms with van der Waals surface area (Å²) in [4.78, 5) is 3.70. The van der Waals surface area contributed by atoms with Crippen molar-refractivity contribution in [1.29, 1.82) is 0 Å². The SMILES string of the molecule is [2H]C1=NC2=NN=NC2=C1. The van der Waals surface area contributed by atoms with E-state index in [1.54, 1.807) is 0 Å². The first-order chi connectivity index (χ1) is 4.36. The van der Waals surface area contributed by atoms with Crippen molar-refractivity contribution in [2.24, 2.45) is 20.4 Å². The quantitative estimate of drug-likeness (QED) is 0.438. The van der Waals surface area contributed by atoms with Crippen LogP contribution in [0.3, 0.4) is 0 Å². The van der Waals surface area contributed by atoms with Crippen molar-refractivity contribution in [1.82, 2.24) is 0 Å². The maximum Gasteiger partial charge on any atom is 0.204 e. The molecular weight excluding hydrogens is 104 g/mol. The molecule has 0 spiro atoms. The molecule has 2 heterocycles. The van der Waals surface area contributed by atoms with Gasteiger partial charge in [-0.25, -0.2) is 4.99 Å². The summed E-state index contributed by atoms with van der Waals surface area (Å²) in [6.07, 6.45) is 1.72. The van der Waals surface area contributed by atoms with Gasteiger partial charge in [-0.15, -0.1) is 10.2 Å². The molecule has 0 bridgehead atoms. The van der Waals surface area contributed by atoms with Crippen molar-refractivity contribution in [2.75, 3.05) is 0 Å². The lowest BCUT2D eigenvalue weighted by molar-refractivity contribution is 1.09. The fraction of sp³-hybridized carbons (Fsp3) is 0. The fourth-order valence-corrected chi connectivity index (χ4v) is 0.536. The van der Waals surface area contributed by atoms with Crippen LogP contribution in [0.5, 0.6) is 0 Å². The van der Waals surface area contributed by atoms with Gasteiger partial charge in [0, 0.05) is 6.19 Å². The lowest BCUT2D eigenvalue weighted by Crippen LogP contribution is -1.83. The number of rotatable bonds is 0. The highest BCUT2D eigenvalue weighted by molar-refractivity contribution is 6.11. The topological polar surface area (TPSA) is 49.4 Å². The maximum absolute atomic E-state index is 7.02. The molecular formula is C4H2N4. The maximum atomic E-state index is 7.02. The van der Waals surface area contributed by atoms with Crippen molar-refractivity contribution in [3.05, 3.63) is 11.8 Å². The zero-order valence-corrected chi connectivity index (χ0v) is 3.87. The third kappa shape index (κ3) is 0.294. The summed E-state index contributed by atoms with van der Waals surface area (Å²) in [7, 11) is 0. The van der Waals surface area contributed by atoms with Crippen LogP contribution in [0.25, 0.3) is 0 Å². The Hall–Kier alpha value is -1.32. The number of fused-ring (bicyclic) bond motifs is 1. The molecule has 0 amide bonds. The molecule has 0 radical (unpaired) electrons. The second kappa shape index (κ2) is 1.09. The summed E-state index contributed by atoms with van der Waals surface area (Å²) in [5, 5.41) is 10.5. The van der Waals surface area contributed by atoms with Crippen LogP contribution in [0, 0.1) is 0 Å². The van der Waals surface area contributed by atoms with Gasteiger partial charge in [0.25, 0.3) is 0 Å². The van der Waals surface area contributed by atoms with Crippen molar-refractivity contribution in [3.63, 3.8) is 0 Å². The Morgan fingerprint density at radius 3 is 3.50 bits per heavy atom. The van der Waals surface area contributed by atoms with Crippen LogP contribution in [0.2, 0.25) is 0 Å². The van der Waals surface area contributed by atoms with Gasteiger partial charge < -0.3 is 0 Å². The van der Waals surface area contributed by atoms with Gasteiger partial charge >= 0.3 is 0 Å². The minimum absolute atomic E-state index is 0.197. The molecule has 4 nitrogen and oxygen atoms in total. The second-order valence-corrected chi connectivity index (χ2v) is 1.38. The molecule has 0 unspecified atom stereocenters. The Morgan fingerprint density at radius 1 is 1.62 bits per heavy atom. The van der Waals surface area contributed by atoms with E-state index in [2.05, 4.69) is 20.4 Å². The van der Waals surface area contributed by atoms with Gasteiger partial charge in [0.15, 0.2) is 0 Å². The third-order valence-corrected chi connectivity index (χ3v) is 0.893. The van der Waals surface area contributed by atoms with Gasteiger partial charge in [-0.1, -0.05) is 0 Å². The fourth-order valence-electron chi connectivity index (χ4n) is 0.536. The lowest BCUT2D eigenvalue weighted by atomic mass is 10.4. The van der Waals surface area contributed by atoms with Crippen LogP contribution in [0.1, 0.15) is 1.37 Å². The average Bonchev–Trinajstić information content (AvgIpc) is 2.22. The molecule has 0 fully saturated rings. The standard InChI is InChI=1S/C4H2N4/c1-2-5-4-3(1)6-8-7-4/h1-2H/i2D. The number of amidine groups is 1. The van der Waals surface area contributed by atoms with Crippen molar-refractivity contribution in [3.8, 4) is 0 Å². The molecule has 0 aromatic carbocycles. The predicted molar refractivity (Wildman–Crippen MR) is 28.9 cm³/mol. The number of nitrogens with zero attached hydrogens (tertiary/aromatic N) is 4. The highest BCUT2D eigenvalue weighted by atomic mass is 15.4. The number of hydrogen-bond donors (Lipinski definition) is 0. The van der Waals surface area contributed by atoms with Crippen molar-refractivity contribution >= 4 is 12.0 Å². The van der Waals surface area contributed by atoms with Crippen LogP contribution < -0.4 is 0 Å². The minimum atomic E-state index is 0.197. The third-order valence-electron chi connectivity index (χ3n) is 0.893. The summed E-state index contributed by atoms with van der Waals surface area (Å²) >= 11 is 0. The van der Waals surface area contributed by atoms with E-state index >= 15 is 0 Å². The van der Waals surface area contributed by atoms with Crippen LogP contribution in [0.4, 0.5) is 0 Å². The Balaban J connectivity index is 2.53. The smallest absolute Gasteiger partial charge is 0.204 e. The second-order valence-electron chi connectivity index (χ2n) is 1.38. The molecule has 0 saturated carbocycles. The Morgan fingerprint density at radius 2 is 2.62 bits per heavy atom. The summed E-state index contributed by atoms with van der Waals surface area (Å²) < 4.78 is 7.02. The average molecular weight is 107 g/mol. The number of aliphatic imine (C=N–C) groups is 1. The lowest BCUT2D eigenvalue weighted by Gasteiger charge is -1.76. The minimum Gasteiger partial charge on any atom is -0.234 e. The first-order valence-electron chi connectivity index (χ1n) is 2.62. The van der Waals surface area contributed by atoms with E-state index in [1.165, 1.54) is 6.08 Å². The molecule has 8 heavy (non-hydrogen) atoms. The summed E-state index contributed by atoms with van der Waals surface area (Å²) in [6.45, 7) is 0. The highest BCUT2D eigenvalue weighted by Crippen LogP contribution is 2.12. The van der Waals surface area contributed by atoms with Gasteiger partial charge in [0.05, 0.1) is 1.37 Å². The highest BCUT2D eigenvalue weighted by Gasteiger charge is 2.12. The van der Waals surface area contributed by atoms with E-state index in [9.17, 15) is 0 Å². The van der Waals surface area contributed by atoms with E-state index in [4.69, 9.17) is 1.37 Å². The molecule has 0 aliphatic carbocycles. The molecule has 0 atom stereocenters. The van der Waals surface area contributed by atoms with E-state index < -0.39 is 0 Å². The number of hydrogen-bond acceptors (Lipinski definition) is 4. The van der Waals surface area contributed by atoms with E-state index in [0.717, 1.165) is 0 Å². The van der Waals surface area contributed by atoms with Crippen LogP contribution >= 0.6 is 0 Å². The van der Waals surface area contributed by atoms with E-state index in [1.807, 2.05) is 0 Å². The monoisotopic (exact) mass is 107 g/mol. The van der Waals surface area contributed by atoms with Gasteiger partial charge in [-0.3, -0.25) is 0 Å². The molecule has 38 valence electrons. The number of allylic oxidation sites excluding steroid dienone is 1. The zero-order chi connectivity index (χ0) is 6.27. The zero-order valence-electron chi connectivity index (χ0n) is 4.87. The van der Waals surface area contributed by atoms with Gasteiger partial charge in [0.1, 0.15) is 5.70 Å². The van der Waals surface area contributed by atoms with Crippen LogP contribution in [-0.4, -0.2) is 12.0 Å². The van der Waals surface area contributed by atoms with E-state index in [-0.39, 0.29) is 6.19 Å². The van der Waals surface area contributed by atoms with Crippen LogP contribution in [0.15, 0.2) is 32.2 Å². The molecule has 0 saturated heterocycles. The summed E-state index contributed by atoms with van der Waals surface area (Å²) in [5.41, 5.74) is 0.597. The molecule has 2 aliphatic heterocycles. The van der Waals surface area contributed by atoms with Crippen molar-refractivity contribution < 1.29 is 1.37 Å². The first-order valence-corrected chi connectivity index (χ1v) is 2.12. The summed E-state index contributed by atoms with van der Waals surface area (Å²) in [5.74, 6) is 0.458. The molecule has 0 aromatic heterocycles. The molecule has 0 aromatic rings. The van der Waals surface area contributed by atoms with Gasteiger partial charge in [0.2, 0.25) is 5.84 Å². The predicted octanol–water partition coefficient (Wildman–Crippen LogP) is 0.734. The molecule has 4 heteroatoms. The first kappa shape index (κ1) is 2.86. The normalized spacial score (nSPS) is 24.0. The summed E-state index contributed by atoms with van der Waals surface area (Å²) in [6, 6.07) is 0. The molecule has 2 aliphatic rings. The van der Waals surface area contributed by atoms with Gasteiger partial charge in [-0.05, 0) is 11.3 Å². The Labute approximate surface area is 46.7 Å². The van der Waals surface area contributed by atoms with Crippen LogP contribution in [-0.2, 0) is 0 Å². The Kier molecular flexibility index (Phi) is 0.390. The largest absolute Gasteiger partial charge is 0.234 e. The molecule has 0 N–H and O–H groups in total. The van der Waals surface area contributed by atoms with E-state index in [0.29, 0.717) is 11.5 Å². The van der Waals surface area contributed by atoms with Gasteiger partial charge in [-0.2, -0.15) is 0 Å². The molecule has 2 rings (SSSR count).